The molecule has 2 unspecified atom stereocenters. The normalized spacial score (nSPS) is 33.2. The quantitative estimate of drug-likeness (QED) is 0.715. The predicted molar refractivity (Wildman–Crippen MR) is 56.2 cm³/mol. The first-order chi connectivity index (χ1) is 7.03. The summed E-state index contributed by atoms with van der Waals surface area (Å²) in [5, 5.41) is 18.3. The highest BCUT2D eigenvalue weighted by molar-refractivity contribution is 5.10. The van der Waals surface area contributed by atoms with Crippen LogP contribution in [-0.2, 0) is 12.6 Å². The van der Waals surface area contributed by atoms with Gasteiger partial charge >= 0.3 is 0 Å². The van der Waals surface area contributed by atoms with E-state index in [1.807, 2.05) is 7.05 Å². The van der Waals surface area contributed by atoms with Crippen LogP contribution in [0, 0.1) is 0 Å². The van der Waals surface area contributed by atoms with E-state index in [1.54, 1.807) is 10.9 Å². The largest absolute Gasteiger partial charge is 0.383 e. The molecule has 2 rings (SSSR count). The molecule has 1 saturated heterocycles. The van der Waals surface area contributed by atoms with E-state index >= 15 is 0 Å². The van der Waals surface area contributed by atoms with Crippen LogP contribution in [0.1, 0.15) is 25.5 Å². The summed E-state index contributed by atoms with van der Waals surface area (Å²) in [6, 6.07) is 0.388. The van der Waals surface area contributed by atoms with E-state index in [0.717, 1.165) is 25.1 Å². The molecular weight excluding hydrogens is 192 g/mol. The van der Waals surface area contributed by atoms with Crippen LogP contribution in [0.25, 0.3) is 0 Å². The molecule has 1 aromatic heterocycles. The van der Waals surface area contributed by atoms with Crippen LogP contribution in [0.5, 0.6) is 0 Å². The number of hydrogen-bond donors (Lipinski definition) is 1. The number of nitrogens with zero attached hydrogens (tertiary/aromatic N) is 4. The van der Waals surface area contributed by atoms with Crippen molar-refractivity contribution in [1.82, 2.24) is 19.9 Å². The first kappa shape index (κ1) is 10.6. The smallest absolute Gasteiger partial charge is 0.110 e. The Morgan fingerprint density at radius 2 is 2.27 bits per heavy atom. The topological polar surface area (TPSA) is 54.2 Å². The molecule has 1 fully saturated rings. The van der Waals surface area contributed by atoms with Crippen LogP contribution in [0.4, 0.5) is 0 Å². The lowest BCUT2D eigenvalue weighted by Crippen LogP contribution is -2.46. The monoisotopic (exact) mass is 210 g/mol. The molecule has 15 heavy (non-hydrogen) atoms. The van der Waals surface area contributed by atoms with Crippen molar-refractivity contribution in [3.63, 3.8) is 0 Å². The first-order valence-electron chi connectivity index (χ1n) is 5.31. The molecule has 0 aliphatic carbocycles. The molecular formula is C10H18N4O. The SMILES string of the molecule is CC1CC(O)(c2cnnn2C)CCN1C. The Labute approximate surface area is 89.7 Å². The van der Waals surface area contributed by atoms with Gasteiger partial charge in [-0.1, -0.05) is 5.21 Å². The van der Waals surface area contributed by atoms with Gasteiger partial charge in [0.15, 0.2) is 0 Å². The fourth-order valence-electron chi connectivity index (χ4n) is 2.27. The molecule has 0 saturated carbocycles. The van der Waals surface area contributed by atoms with Crippen molar-refractivity contribution in [1.29, 1.82) is 0 Å². The van der Waals surface area contributed by atoms with Crippen molar-refractivity contribution in [2.75, 3.05) is 13.6 Å². The molecule has 0 amide bonds. The molecule has 2 atom stereocenters. The maximum absolute atomic E-state index is 10.6. The molecule has 84 valence electrons. The number of likely N-dealkylation sites (tertiary alicyclic amines) is 1. The van der Waals surface area contributed by atoms with Gasteiger partial charge in [-0.2, -0.15) is 0 Å². The first-order valence-corrected chi connectivity index (χ1v) is 5.31. The van der Waals surface area contributed by atoms with Crippen molar-refractivity contribution < 1.29 is 5.11 Å². The van der Waals surface area contributed by atoms with Gasteiger partial charge in [0, 0.05) is 19.6 Å². The maximum Gasteiger partial charge on any atom is 0.110 e. The second-order valence-corrected chi connectivity index (χ2v) is 4.56. The Kier molecular flexibility index (Phi) is 2.52. The number of aliphatic hydroxyl groups is 1. The van der Waals surface area contributed by atoms with Gasteiger partial charge in [0.05, 0.1) is 11.9 Å². The summed E-state index contributed by atoms with van der Waals surface area (Å²) in [7, 11) is 3.91. The van der Waals surface area contributed by atoms with E-state index in [-0.39, 0.29) is 0 Å². The highest BCUT2D eigenvalue weighted by atomic mass is 16.3. The molecule has 1 aromatic rings. The van der Waals surface area contributed by atoms with Crippen LogP contribution in [0.15, 0.2) is 6.20 Å². The van der Waals surface area contributed by atoms with Gasteiger partial charge in [0.2, 0.25) is 0 Å². The van der Waals surface area contributed by atoms with E-state index in [0.29, 0.717) is 6.04 Å². The molecule has 5 heteroatoms. The average Bonchev–Trinajstić information content (AvgIpc) is 2.59. The van der Waals surface area contributed by atoms with Crippen LogP contribution >= 0.6 is 0 Å². The Balaban J connectivity index is 2.25. The second kappa shape index (κ2) is 3.57. The van der Waals surface area contributed by atoms with Crippen molar-refractivity contribution in [3.8, 4) is 0 Å². The van der Waals surface area contributed by atoms with Gasteiger partial charge in [0.1, 0.15) is 5.60 Å². The zero-order valence-electron chi connectivity index (χ0n) is 9.51. The lowest BCUT2D eigenvalue weighted by Gasteiger charge is -2.40. The van der Waals surface area contributed by atoms with E-state index in [4.69, 9.17) is 0 Å². The zero-order chi connectivity index (χ0) is 11.1. The highest BCUT2D eigenvalue weighted by Crippen LogP contribution is 2.34. The Hall–Kier alpha value is -0.940. The summed E-state index contributed by atoms with van der Waals surface area (Å²) in [6.45, 7) is 3.04. The third kappa shape index (κ3) is 1.77. The minimum absolute atomic E-state index is 0.388. The summed E-state index contributed by atoms with van der Waals surface area (Å²) in [5.41, 5.74) is 0.0620. The average molecular weight is 210 g/mol. The molecule has 0 spiro atoms. The van der Waals surface area contributed by atoms with Crippen molar-refractivity contribution in [2.24, 2.45) is 7.05 Å². The Morgan fingerprint density at radius 1 is 1.53 bits per heavy atom. The molecule has 0 aromatic carbocycles. The van der Waals surface area contributed by atoms with E-state index in [9.17, 15) is 5.11 Å². The summed E-state index contributed by atoms with van der Waals surface area (Å²) in [5.74, 6) is 0. The van der Waals surface area contributed by atoms with E-state index in [1.165, 1.54) is 0 Å². The Morgan fingerprint density at radius 3 is 2.80 bits per heavy atom. The fraction of sp³-hybridized carbons (Fsp3) is 0.800. The molecule has 2 heterocycles. The van der Waals surface area contributed by atoms with Gasteiger partial charge in [-0.05, 0) is 26.8 Å². The summed E-state index contributed by atoms with van der Waals surface area (Å²) < 4.78 is 1.66. The molecule has 0 bridgehead atoms. The van der Waals surface area contributed by atoms with Gasteiger partial charge in [-0.3, -0.25) is 0 Å². The van der Waals surface area contributed by atoms with Crippen molar-refractivity contribution in [2.45, 2.75) is 31.4 Å². The number of rotatable bonds is 1. The lowest BCUT2D eigenvalue weighted by atomic mass is 9.85. The molecule has 1 aliphatic rings. The van der Waals surface area contributed by atoms with Crippen LogP contribution in [0.2, 0.25) is 0 Å². The third-order valence-electron chi connectivity index (χ3n) is 3.45. The third-order valence-corrected chi connectivity index (χ3v) is 3.45. The van der Waals surface area contributed by atoms with Gasteiger partial charge in [-0.15, -0.1) is 5.10 Å². The highest BCUT2D eigenvalue weighted by Gasteiger charge is 2.38. The van der Waals surface area contributed by atoms with E-state index < -0.39 is 5.60 Å². The molecule has 5 nitrogen and oxygen atoms in total. The summed E-state index contributed by atoms with van der Waals surface area (Å²) in [6.07, 6.45) is 3.15. The van der Waals surface area contributed by atoms with Crippen molar-refractivity contribution in [3.05, 3.63) is 11.9 Å². The standard InChI is InChI=1S/C10H18N4O/c1-8-6-10(15,4-5-13(8)2)9-7-11-12-14(9)3/h7-8,15H,4-6H2,1-3H3. The van der Waals surface area contributed by atoms with Gasteiger partial charge in [-0.25, -0.2) is 4.68 Å². The summed E-state index contributed by atoms with van der Waals surface area (Å²) >= 11 is 0. The lowest BCUT2D eigenvalue weighted by molar-refractivity contribution is -0.0465. The molecule has 1 aliphatic heterocycles. The zero-order valence-corrected chi connectivity index (χ0v) is 9.51. The number of aryl methyl sites for hydroxylation is 1. The van der Waals surface area contributed by atoms with E-state index in [2.05, 4.69) is 29.2 Å². The summed E-state index contributed by atoms with van der Waals surface area (Å²) in [4.78, 5) is 2.26. The maximum atomic E-state index is 10.6. The predicted octanol–water partition coefficient (Wildman–Crippen LogP) is 0.117. The van der Waals surface area contributed by atoms with Crippen molar-refractivity contribution >= 4 is 0 Å². The minimum atomic E-state index is -0.760. The number of aromatic nitrogens is 3. The van der Waals surface area contributed by atoms with Gasteiger partial charge < -0.3 is 10.0 Å². The van der Waals surface area contributed by atoms with Crippen LogP contribution in [0.3, 0.4) is 0 Å². The van der Waals surface area contributed by atoms with Crippen LogP contribution in [-0.4, -0.2) is 44.6 Å². The fourth-order valence-corrected chi connectivity index (χ4v) is 2.27. The van der Waals surface area contributed by atoms with Crippen LogP contribution < -0.4 is 0 Å². The molecule has 0 radical (unpaired) electrons. The van der Waals surface area contributed by atoms with Gasteiger partial charge in [0.25, 0.3) is 0 Å². The Bertz CT molecular complexity index is 351. The second-order valence-electron chi connectivity index (χ2n) is 4.56. The minimum Gasteiger partial charge on any atom is -0.383 e. The molecule has 1 N–H and O–H groups in total. The number of piperidine rings is 1. The number of hydrogen-bond acceptors (Lipinski definition) is 4.